The molecular formula is C17H22O3. The highest BCUT2D eigenvalue weighted by molar-refractivity contribution is 5.93. The zero-order valence-electron chi connectivity index (χ0n) is 12.4. The molecule has 0 aliphatic heterocycles. The topological polar surface area (TPSA) is 35.5 Å². The van der Waals surface area contributed by atoms with Crippen LogP contribution in [-0.4, -0.2) is 19.0 Å². The van der Waals surface area contributed by atoms with Gasteiger partial charge in [0, 0.05) is 18.4 Å². The van der Waals surface area contributed by atoms with Gasteiger partial charge in [0.15, 0.2) is 5.78 Å². The number of hydrogen-bond donors (Lipinski definition) is 0. The highest BCUT2D eigenvalue weighted by Gasteiger charge is 2.23. The van der Waals surface area contributed by atoms with E-state index >= 15 is 0 Å². The Morgan fingerprint density at radius 3 is 2.50 bits per heavy atom. The molecule has 0 bridgehead atoms. The Labute approximate surface area is 120 Å². The van der Waals surface area contributed by atoms with Gasteiger partial charge >= 0.3 is 0 Å². The first kappa shape index (κ1) is 14.6. The summed E-state index contributed by atoms with van der Waals surface area (Å²) in [4.78, 5) is 12.1. The maximum absolute atomic E-state index is 12.1. The molecule has 0 N–H and O–H groups in total. The second-order valence-electron chi connectivity index (χ2n) is 5.47. The van der Waals surface area contributed by atoms with Crippen molar-refractivity contribution in [2.45, 2.75) is 39.2 Å². The lowest BCUT2D eigenvalue weighted by Crippen LogP contribution is -2.21. The van der Waals surface area contributed by atoms with Crippen molar-refractivity contribution < 1.29 is 14.3 Å². The summed E-state index contributed by atoms with van der Waals surface area (Å²) in [5.41, 5.74) is 1.17. The summed E-state index contributed by atoms with van der Waals surface area (Å²) in [5, 5.41) is 0. The lowest BCUT2D eigenvalue weighted by atomic mass is 9.87. The molecule has 1 atom stereocenters. The molecule has 0 spiro atoms. The Morgan fingerprint density at radius 2 is 1.95 bits per heavy atom. The van der Waals surface area contributed by atoms with Gasteiger partial charge in [-0.05, 0) is 44.4 Å². The number of ether oxygens (including phenoxy) is 2. The van der Waals surface area contributed by atoms with Gasteiger partial charge in [0.25, 0.3) is 0 Å². The van der Waals surface area contributed by atoms with Crippen LogP contribution in [0.25, 0.3) is 0 Å². The molecule has 0 amide bonds. The van der Waals surface area contributed by atoms with Gasteiger partial charge < -0.3 is 9.47 Å². The van der Waals surface area contributed by atoms with E-state index in [2.05, 4.69) is 0 Å². The number of allylic oxidation sites excluding steroid dienone is 2. The van der Waals surface area contributed by atoms with Crippen molar-refractivity contribution >= 4 is 5.78 Å². The largest absolute Gasteiger partial charge is 0.497 e. The molecule has 3 heteroatoms. The SMILES string of the molecule is COc1ccc(CC2CCC(OC(C)C)=CC2=O)cc1. The number of benzene rings is 1. The van der Waals surface area contributed by atoms with Crippen molar-refractivity contribution in [3.8, 4) is 5.75 Å². The van der Waals surface area contributed by atoms with Crippen molar-refractivity contribution in [2.24, 2.45) is 5.92 Å². The fraction of sp³-hybridized carbons (Fsp3) is 0.471. The predicted molar refractivity (Wildman–Crippen MR) is 78.7 cm³/mol. The molecule has 1 aliphatic carbocycles. The lowest BCUT2D eigenvalue weighted by Gasteiger charge is -2.22. The summed E-state index contributed by atoms with van der Waals surface area (Å²) in [6.07, 6.45) is 4.31. The molecule has 0 fully saturated rings. The number of hydrogen-bond acceptors (Lipinski definition) is 3. The Kier molecular flexibility index (Phi) is 4.83. The zero-order chi connectivity index (χ0) is 14.5. The molecule has 1 aliphatic rings. The van der Waals surface area contributed by atoms with E-state index in [1.807, 2.05) is 38.1 Å². The maximum atomic E-state index is 12.1. The van der Waals surface area contributed by atoms with E-state index in [0.29, 0.717) is 0 Å². The minimum Gasteiger partial charge on any atom is -0.497 e. The van der Waals surface area contributed by atoms with Crippen molar-refractivity contribution in [1.29, 1.82) is 0 Å². The van der Waals surface area contributed by atoms with Gasteiger partial charge in [-0.15, -0.1) is 0 Å². The standard InChI is InChI=1S/C17H22O3/c1-12(2)20-16-9-6-14(17(18)11-16)10-13-4-7-15(19-3)8-5-13/h4-5,7-8,11-12,14H,6,9-10H2,1-3H3. The lowest BCUT2D eigenvalue weighted by molar-refractivity contribution is -0.119. The van der Waals surface area contributed by atoms with Crippen LogP contribution in [0.1, 0.15) is 32.3 Å². The first-order valence-electron chi connectivity index (χ1n) is 7.12. The average molecular weight is 274 g/mol. The van der Waals surface area contributed by atoms with Gasteiger partial charge in [0.2, 0.25) is 0 Å². The molecule has 0 radical (unpaired) electrons. The van der Waals surface area contributed by atoms with E-state index in [1.165, 1.54) is 5.56 Å². The van der Waals surface area contributed by atoms with Crippen molar-refractivity contribution in [1.82, 2.24) is 0 Å². The quantitative estimate of drug-likeness (QED) is 0.824. The average Bonchev–Trinajstić information content (AvgIpc) is 2.42. The van der Waals surface area contributed by atoms with Gasteiger partial charge in [-0.3, -0.25) is 4.79 Å². The third kappa shape index (κ3) is 3.86. The summed E-state index contributed by atoms with van der Waals surface area (Å²) in [5.74, 6) is 1.93. The summed E-state index contributed by atoms with van der Waals surface area (Å²) < 4.78 is 10.8. The second-order valence-corrected chi connectivity index (χ2v) is 5.47. The van der Waals surface area contributed by atoms with Gasteiger partial charge in [-0.1, -0.05) is 12.1 Å². The van der Waals surface area contributed by atoms with Gasteiger partial charge in [0.05, 0.1) is 19.0 Å². The summed E-state index contributed by atoms with van der Waals surface area (Å²) in [6.45, 7) is 3.96. The van der Waals surface area contributed by atoms with Crippen LogP contribution in [-0.2, 0) is 16.0 Å². The number of carbonyl (C=O) groups excluding carboxylic acids is 1. The van der Waals surface area contributed by atoms with E-state index in [4.69, 9.17) is 9.47 Å². The number of rotatable bonds is 5. The summed E-state index contributed by atoms with van der Waals surface area (Å²) in [6, 6.07) is 7.92. The Morgan fingerprint density at radius 1 is 1.25 bits per heavy atom. The van der Waals surface area contributed by atoms with Crippen LogP contribution in [0.15, 0.2) is 36.1 Å². The Hall–Kier alpha value is -1.77. The van der Waals surface area contributed by atoms with Crippen LogP contribution in [0.5, 0.6) is 5.75 Å². The number of ketones is 1. The Balaban J connectivity index is 1.97. The van der Waals surface area contributed by atoms with Crippen LogP contribution in [0.3, 0.4) is 0 Å². The van der Waals surface area contributed by atoms with E-state index in [-0.39, 0.29) is 17.8 Å². The molecule has 1 aromatic carbocycles. The summed E-state index contributed by atoms with van der Waals surface area (Å²) in [7, 11) is 1.65. The molecule has 3 nitrogen and oxygen atoms in total. The van der Waals surface area contributed by atoms with Crippen molar-refractivity contribution in [3.63, 3.8) is 0 Å². The molecular weight excluding hydrogens is 252 g/mol. The molecule has 1 unspecified atom stereocenters. The van der Waals surface area contributed by atoms with Gasteiger partial charge in [0.1, 0.15) is 5.75 Å². The highest BCUT2D eigenvalue weighted by atomic mass is 16.5. The monoisotopic (exact) mass is 274 g/mol. The maximum Gasteiger partial charge on any atom is 0.162 e. The third-order valence-electron chi connectivity index (χ3n) is 3.47. The van der Waals surface area contributed by atoms with E-state index in [9.17, 15) is 4.79 Å². The van der Waals surface area contributed by atoms with Crippen molar-refractivity contribution in [3.05, 3.63) is 41.7 Å². The first-order chi connectivity index (χ1) is 9.58. The van der Waals surface area contributed by atoms with Gasteiger partial charge in [-0.25, -0.2) is 0 Å². The number of carbonyl (C=O) groups is 1. The minimum atomic E-state index is 0.0721. The van der Waals surface area contributed by atoms with Crippen LogP contribution < -0.4 is 4.74 Å². The second kappa shape index (κ2) is 6.60. The molecule has 20 heavy (non-hydrogen) atoms. The molecule has 0 aromatic heterocycles. The smallest absolute Gasteiger partial charge is 0.162 e. The molecule has 1 aromatic rings. The Bertz CT molecular complexity index is 485. The van der Waals surface area contributed by atoms with E-state index in [0.717, 1.165) is 30.8 Å². The summed E-state index contributed by atoms with van der Waals surface area (Å²) >= 11 is 0. The van der Waals surface area contributed by atoms with Crippen molar-refractivity contribution in [2.75, 3.05) is 7.11 Å². The molecule has 2 rings (SSSR count). The third-order valence-corrected chi connectivity index (χ3v) is 3.47. The molecule has 0 saturated carbocycles. The van der Waals surface area contributed by atoms with Crippen LogP contribution in [0.4, 0.5) is 0 Å². The van der Waals surface area contributed by atoms with Crippen LogP contribution >= 0.6 is 0 Å². The van der Waals surface area contributed by atoms with E-state index in [1.54, 1.807) is 13.2 Å². The number of methoxy groups -OCH3 is 1. The predicted octanol–water partition coefficient (Wildman–Crippen LogP) is 3.53. The molecule has 0 heterocycles. The van der Waals surface area contributed by atoms with E-state index < -0.39 is 0 Å². The molecule has 0 saturated heterocycles. The normalized spacial score (nSPS) is 18.9. The minimum absolute atomic E-state index is 0.0721. The zero-order valence-corrected chi connectivity index (χ0v) is 12.4. The van der Waals surface area contributed by atoms with Crippen LogP contribution in [0, 0.1) is 5.92 Å². The molecule has 108 valence electrons. The first-order valence-corrected chi connectivity index (χ1v) is 7.12. The fourth-order valence-corrected chi connectivity index (χ4v) is 2.45. The van der Waals surface area contributed by atoms with Crippen LogP contribution in [0.2, 0.25) is 0 Å². The van der Waals surface area contributed by atoms with Gasteiger partial charge in [-0.2, -0.15) is 0 Å². The fourth-order valence-electron chi connectivity index (χ4n) is 2.45. The highest BCUT2D eigenvalue weighted by Crippen LogP contribution is 2.26.